The second-order valence-corrected chi connectivity index (χ2v) is 6.81. The van der Waals surface area contributed by atoms with Crippen LogP contribution in [0.1, 0.15) is 22.7 Å². The van der Waals surface area contributed by atoms with Crippen LogP contribution in [0.15, 0.2) is 30.3 Å². The Labute approximate surface area is 134 Å². The van der Waals surface area contributed by atoms with Crippen molar-refractivity contribution in [3.63, 3.8) is 0 Å². The van der Waals surface area contributed by atoms with Crippen molar-refractivity contribution in [2.75, 3.05) is 7.05 Å². The van der Waals surface area contributed by atoms with Crippen LogP contribution in [0.25, 0.3) is 0 Å². The smallest absolute Gasteiger partial charge is 0.313 e. The molecule has 0 saturated carbocycles. The number of alkyl halides is 3. The second-order valence-electron chi connectivity index (χ2n) is 4.52. The zero-order valence-electron chi connectivity index (χ0n) is 11.0. The molecule has 1 atom stereocenters. The molecule has 0 saturated heterocycles. The van der Waals surface area contributed by atoms with Crippen LogP contribution in [0, 0.1) is 0 Å². The molecule has 2 aromatic rings. The first-order chi connectivity index (χ1) is 9.81. The van der Waals surface area contributed by atoms with Gasteiger partial charge in [-0.2, -0.15) is 13.2 Å². The van der Waals surface area contributed by atoms with Crippen molar-refractivity contribution in [1.29, 1.82) is 0 Å². The van der Waals surface area contributed by atoms with Crippen molar-refractivity contribution in [2.45, 2.75) is 18.6 Å². The van der Waals surface area contributed by atoms with Crippen molar-refractivity contribution in [3.05, 3.63) is 55.7 Å². The molecule has 0 aliphatic carbocycles. The second kappa shape index (κ2) is 6.57. The lowest BCUT2D eigenvalue weighted by atomic mass is 9.99. The minimum Gasteiger partial charge on any atom is -0.313 e. The summed E-state index contributed by atoms with van der Waals surface area (Å²) >= 11 is 13.3. The van der Waals surface area contributed by atoms with Gasteiger partial charge in [-0.3, -0.25) is 0 Å². The molecular formula is C14H12Cl2F3NS. The molecule has 0 aliphatic rings. The minimum atomic E-state index is -4.34. The molecule has 1 heterocycles. The SMILES string of the molecule is CNC(Cc1cccc(C(F)(F)F)c1)c1cc(Cl)sc1Cl. The van der Waals surface area contributed by atoms with E-state index >= 15 is 0 Å². The van der Waals surface area contributed by atoms with Crippen molar-refractivity contribution in [2.24, 2.45) is 0 Å². The predicted octanol–water partition coefficient (Wildman–Crippen LogP) is 5.58. The quantitative estimate of drug-likeness (QED) is 0.756. The summed E-state index contributed by atoms with van der Waals surface area (Å²) in [7, 11) is 1.74. The van der Waals surface area contributed by atoms with Crippen LogP contribution in [0.5, 0.6) is 0 Å². The van der Waals surface area contributed by atoms with Gasteiger partial charge >= 0.3 is 6.18 Å². The Balaban J connectivity index is 2.25. The van der Waals surface area contributed by atoms with E-state index < -0.39 is 11.7 Å². The summed E-state index contributed by atoms with van der Waals surface area (Å²) in [6.45, 7) is 0. The van der Waals surface area contributed by atoms with E-state index in [2.05, 4.69) is 5.32 Å². The summed E-state index contributed by atoms with van der Waals surface area (Å²) in [6, 6.07) is 6.85. The zero-order chi connectivity index (χ0) is 15.6. The number of hydrogen-bond acceptors (Lipinski definition) is 2. The van der Waals surface area contributed by atoms with Gasteiger partial charge < -0.3 is 5.32 Å². The first-order valence-electron chi connectivity index (χ1n) is 6.09. The molecule has 2 rings (SSSR count). The van der Waals surface area contributed by atoms with E-state index in [9.17, 15) is 13.2 Å². The Morgan fingerprint density at radius 2 is 1.95 bits per heavy atom. The third-order valence-corrected chi connectivity index (χ3v) is 4.62. The molecule has 1 aromatic carbocycles. The Morgan fingerprint density at radius 3 is 2.48 bits per heavy atom. The van der Waals surface area contributed by atoms with E-state index in [1.807, 2.05) is 0 Å². The van der Waals surface area contributed by atoms with Gasteiger partial charge in [0.15, 0.2) is 0 Å². The summed E-state index contributed by atoms with van der Waals surface area (Å²) in [5.41, 5.74) is 0.735. The van der Waals surface area contributed by atoms with E-state index in [4.69, 9.17) is 23.2 Å². The molecule has 0 amide bonds. The molecule has 0 bridgehead atoms. The highest BCUT2D eigenvalue weighted by Gasteiger charge is 2.30. The highest BCUT2D eigenvalue weighted by Crippen LogP contribution is 2.36. The van der Waals surface area contributed by atoms with Gasteiger partial charge in [0.2, 0.25) is 0 Å². The fraction of sp³-hybridized carbons (Fsp3) is 0.286. The minimum absolute atomic E-state index is 0.190. The van der Waals surface area contributed by atoms with Gasteiger partial charge in [-0.15, -0.1) is 11.3 Å². The Morgan fingerprint density at radius 1 is 1.24 bits per heavy atom. The van der Waals surface area contributed by atoms with E-state index in [0.717, 1.165) is 17.7 Å². The third kappa shape index (κ3) is 4.13. The molecule has 7 heteroatoms. The molecule has 0 fully saturated rings. The zero-order valence-corrected chi connectivity index (χ0v) is 13.3. The van der Waals surface area contributed by atoms with E-state index in [1.165, 1.54) is 17.4 Å². The van der Waals surface area contributed by atoms with E-state index in [-0.39, 0.29) is 6.04 Å². The Bertz CT molecular complexity index is 625. The lowest BCUT2D eigenvalue weighted by molar-refractivity contribution is -0.137. The molecule has 114 valence electrons. The highest BCUT2D eigenvalue weighted by molar-refractivity contribution is 7.20. The maximum absolute atomic E-state index is 12.7. The van der Waals surface area contributed by atoms with Gasteiger partial charge in [-0.1, -0.05) is 41.4 Å². The molecule has 1 N–H and O–H groups in total. The van der Waals surface area contributed by atoms with Gasteiger partial charge in [0.1, 0.15) is 0 Å². The first kappa shape index (κ1) is 16.6. The number of nitrogens with one attached hydrogen (secondary N) is 1. The first-order valence-corrected chi connectivity index (χ1v) is 7.66. The molecular weight excluding hydrogens is 342 g/mol. The molecule has 0 spiro atoms. The van der Waals surface area contributed by atoms with E-state index in [0.29, 0.717) is 20.7 Å². The van der Waals surface area contributed by atoms with Crippen LogP contribution in [-0.2, 0) is 12.6 Å². The number of thiophene rings is 1. The van der Waals surface area contributed by atoms with Crippen molar-refractivity contribution < 1.29 is 13.2 Å². The summed E-state index contributed by atoms with van der Waals surface area (Å²) in [5.74, 6) is 0. The fourth-order valence-electron chi connectivity index (χ4n) is 2.07. The lowest BCUT2D eigenvalue weighted by Gasteiger charge is -2.17. The van der Waals surface area contributed by atoms with Gasteiger partial charge in [0.25, 0.3) is 0 Å². The Hall–Kier alpha value is -0.750. The number of halogens is 5. The van der Waals surface area contributed by atoms with Gasteiger partial charge in [0.05, 0.1) is 14.2 Å². The standard InChI is InChI=1S/C14H12Cl2F3NS/c1-20-11(10-7-12(15)21-13(10)16)6-8-3-2-4-9(5-8)14(17,18)19/h2-5,7,11,20H,6H2,1H3. The lowest BCUT2D eigenvalue weighted by Crippen LogP contribution is -2.19. The third-order valence-electron chi connectivity index (χ3n) is 3.10. The maximum atomic E-state index is 12.7. The van der Waals surface area contributed by atoms with Crippen LogP contribution in [-0.4, -0.2) is 7.05 Å². The summed E-state index contributed by atoms with van der Waals surface area (Å²) in [5, 5.41) is 3.06. The van der Waals surface area contributed by atoms with Gasteiger partial charge in [-0.05, 0) is 31.2 Å². The molecule has 1 unspecified atom stereocenters. The van der Waals surface area contributed by atoms with Crippen LogP contribution in [0.2, 0.25) is 8.67 Å². The average Bonchev–Trinajstić information content (AvgIpc) is 2.74. The molecule has 1 nitrogen and oxygen atoms in total. The van der Waals surface area contributed by atoms with Crippen molar-refractivity contribution >= 4 is 34.5 Å². The highest BCUT2D eigenvalue weighted by atomic mass is 35.5. The van der Waals surface area contributed by atoms with Crippen LogP contribution in [0.3, 0.4) is 0 Å². The number of benzene rings is 1. The fourth-order valence-corrected chi connectivity index (χ4v) is 3.65. The van der Waals surface area contributed by atoms with Crippen LogP contribution in [0.4, 0.5) is 13.2 Å². The average molecular weight is 354 g/mol. The summed E-state index contributed by atoms with van der Waals surface area (Å²) in [6.07, 6.45) is -3.94. The number of likely N-dealkylation sites (N-methyl/N-ethyl adjacent to an activating group) is 1. The topological polar surface area (TPSA) is 12.0 Å². The number of hydrogen-bond donors (Lipinski definition) is 1. The maximum Gasteiger partial charge on any atom is 0.416 e. The Kier molecular flexibility index (Phi) is 5.20. The molecule has 1 aromatic heterocycles. The number of rotatable bonds is 4. The summed E-state index contributed by atoms with van der Waals surface area (Å²) < 4.78 is 39.3. The van der Waals surface area contributed by atoms with Crippen LogP contribution < -0.4 is 5.32 Å². The monoisotopic (exact) mass is 353 g/mol. The molecule has 0 aliphatic heterocycles. The normalized spacial score (nSPS) is 13.4. The van der Waals surface area contributed by atoms with Gasteiger partial charge in [0, 0.05) is 11.6 Å². The molecule has 0 radical (unpaired) electrons. The van der Waals surface area contributed by atoms with Gasteiger partial charge in [-0.25, -0.2) is 0 Å². The van der Waals surface area contributed by atoms with E-state index in [1.54, 1.807) is 19.2 Å². The predicted molar refractivity (Wildman–Crippen MR) is 81.3 cm³/mol. The largest absolute Gasteiger partial charge is 0.416 e. The van der Waals surface area contributed by atoms with Crippen LogP contribution >= 0.6 is 34.5 Å². The van der Waals surface area contributed by atoms with Crippen molar-refractivity contribution in [3.8, 4) is 0 Å². The van der Waals surface area contributed by atoms with Crippen molar-refractivity contribution in [1.82, 2.24) is 5.32 Å². The summed E-state index contributed by atoms with van der Waals surface area (Å²) in [4.78, 5) is 0. The molecule has 21 heavy (non-hydrogen) atoms.